The molecule has 1 rings (SSSR count). The van der Waals surface area contributed by atoms with Crippen LogP contribution in [0.3, 0.4) is 0 Å². The summed E-state index contributed by atoms with van der Waals surface area (Å²) in [6.45, 7) is 8.60. The molecule has 0 aromatic heterocycles. The molecule has 0 aliphatic heterocycles. The van der Waals surface area contributed by atoms with E-state index in [2.05, 4.69) is 4.90 Å². The minimum absolute atomic E-state index is 0.00326. The van der Waals surface area contributed by atoms with Crippen LogP contribution in [0.5, 0.6) is 0 Å². The number of rotatable bonds is 29. The van der Waals surface area contributed by atoms with Crippen molar-refractivity contribution < 1.29 is 52.2 Å². The topological polar surface area (TPSA) is 120 Å². The first-order valence-corrected chi connectivity index (χ1v) is 13.6. The molecule has 0 unspecified atom stereocenters. The Morgan fingerprint density at radius 2 is 0.825 bits per heavy atom. The minimum atomic E-state index is -0.893. The number of likely N-dealkylation sites (N-methyl/N-ethyl adjacent to an activating group) is 1. The van der Waals surface area contributed by atoms with Crippen LogP contribution in [0.2, 0.25) is 0 Å². The Hall–Kier alpha value is -2.00. The number of carbonyl (C=O) groups excluding carboxylic acids is 2. The molecule has 0 spiro atoms. The van der Waals surface area contributed by atoms with Crippen LogP contribution in [-0.4, -0.2) is 150 Å². The number of ether oxygens (including phenoxy) is 9. The van der Waals surface area contributed by atoms with Gasteiger partial charge in [-0.1, -0.05) is 30.3 Å². The second kappa shape index (κ2) is 27.2. The summed E-state index contributed by atoms with van der Waals surface area (Å²) < 4.78 is 48.2. The van der Waals surface area contributed by atoms with E-state index in [1.54, 1.807) is 30.3 Å². The molecule has 0 aliphatic rings. The Balaban J connectivity index is 1.70. The molecule has 40 heavy (non-hydrogen) atoms. The lowest BCUT2D eigenvalue weighted by atomic mass is 10.1. The van der Waals surface area contributed by atoms with Crippen LogP contribution in [0.4, 0.5) is 0 Å². The van der Waals surface area contributed by atoms with Gasteiger partial charge in [0.15, 0.2) is 0 Å². The molecule has 1 aromatic carbocycles. The zero-order valence-corrected chi connectivity index (χ0v) is 24.1. The Bertz CT molecular complexity index is 721. The van der Waals surface area contributed by atoms with Crippen LogP contribution in [-0.2, 0) is 47.4 Å². The summed E-state index contributed by atoms with van der Waals surface area (Å²) in [5, 5.41) is 0. The molecule has 0 atom stereocenters. The highest BCUT2D eigenvalue weighted by molar-refractivity contribution is 6.40. The maximum Gasteiger partial charge on any atom is 0.379 e. The summed E-state index contributed by atoms with van der Waals surface area (Å²) in [5.74, 6) is -1.56. The number of benzene rings is 1. The molecule has 0 N–H and O–H groups in total. The van der Waals surface area contributed by atoms with Gasteiger partial charge in [0.05, 0.1) is 106 Å². The van der Waals surface area contributed by atoms with E-state index in [-0.39, 0.29) is 13.2 Å². The van der Waals surface area contributed by atoms with Gasteiger partial charge in [-0.05, 0) is 14.1 Å². The van der Waals surface area contributed by atoms with Crippen LogP contribution in [0.15, 0.2) is 30.3 Å². The second-order valence-electron chi connectivity index (χ2n) is 8.53. The fourth-order valence-corrected chi connectivity index (χ4v) is 2.85. The van der Waals surface area contributed by atoms with Crippen LogP contribution >= 0.6 is 0 Å². The maximum absolute atomic E-state index is 11.9. The highest BCUT2D eigenvalue weighted by Gasteiger charge is 2.17. The van der Waals surface area contributed by atoms with E-state index in [1.165, 1.54) is 0 Å². The highest BCUT2D eigenvalue weighted by Crippen LogP contribution is 2.01. The summed E-state index contributed by atoms with van der Waals surface area (Å²) in [7, 11) is 4.02. The van der Waals surface area contributed by atoms with E-state index in [0.29, 0.717) is 105 Å². The fraction of sp³-hybridized carbons (Fsp3) is 0.714. The first-order chi connectivity index (χ1) is 19.6. The van der Waals surface area contributed by atoms with Crippen molar-refractivity contribution in [3.63, 3.8) is 0 Å². The minimum Gasteiger partial charge on any atom is -0.457 e. The molecule has 0 aliphatic carbocycles. The Labute approximate surface area is 238 Å². The third-order valence-electron chi connectivity index (χ3n) is 4.97. The first-order valence-electron chi connectivity index (χ1n) is 13.6. The third kappa shape index (κ3) is 22.8. The summed E-state index contributed by atoms with van der Waals surface area (Å²) in [6.07, 6.45) is 0. The van der Waals surface area contributed by atoms with Crippen LogP contribution in [0.1, 0.15) is 10.4 Å². The smallest absolute Gasteiger partial charge is 0.379 e. The van der Waals surface area contributed by atoms with Gasteiger partial charge in [-0.2, -0.15) is 0 Å². The van der Waals surface area contributed by atoms with Crippen molar-refractivity contribution >= 4 is 11.8 Å². The molecule has 1 aromatic rings. The van der Waals surface area contributed by atoms with E-state index in [1.807, 2.05) is 14.1 Å². The summed E-state index contributed by atoms with van der Waals surface area (Å²) in [6, 6.07) is 8.27. The summed E-state index contributed by atoms with van der Waals surface area (Å²) in [5.41, 5.74) is 0.299. The van der Waals surface area contributed by atoms with Crippen molar-refractivity contribution in [1.29, 1.82) is 0 Å². The van der Waals surface area contributed by atoms with E-state index in [9.17, 15) is 9.59 Å². The summed E-state index contributed by atoms with van der Waals surface area (Å²) >= 11 is 0. The number of esters is 1. The molecule has 0 saturated heterocycles. The molecular formula is C28H47NO11. The SMILES string of the molecule is CN(C)CCOCCOCCOCCOCCOCCOCCOCCOCCOC(=O)C(=O)c1ccccc1. The number of Topliss-reactive ketones (excluding diaryl/α,β-unsaturated/α-hetero) is 1. The standard InChI is InChI=1S/C28H47NO11/c1-29(2)8-9-32-10-11-33-12-13-34-14-15-35-16-17-36-18-19-37-20-21-38-22-23-39-24-25-40-28(31)27(30)26-6-4-3-5-7-26/h3-7H,8-25H2,1-2H3. The predicted octanol–water partition coefficient (Wildman–Crippen LogP) is 1.11. The van der Waals surface area contributed by atoms with Gasteiger partial charge < -0.3 is 47.5 Å². The van der Waals surface area contributed by atoms with Gasteiger partial charge in [0, 0.05) is 12.1 Å². The summed E-state index contributed by atoms with van der Waals surface area (Å²) in [4.78, 5) is 25.6. The lowest BCUT2D eigenvalue weighted by Crippen LogP contribution is -2.20. The predicted molar refractivity (Wildman–Crippen MR) is 147 cm³/mol. The number of hydrogen-bond donors (Lipinski definition) is 0. The molecule has 0 heterocycles. The zero-order valence-electron chi connectivity index (χ0n) is 24.1. The lowest BCUT2D eigenvalue weighted by Gasteiger charge is -2.10. The van der Waals surface area contributed by atoms with Gasteiger partial charge in [-0.25, -0.2) is 4.79 Å². The van der Waals surface area contributed by atoms with Crippen LogP contribution in [0, 0.1) is 0 Å². The van der Waals surface area contributed by atoms with Gasteiger partial charge in [-0.15, -0.1) is 0 Å². The van der Waals surface area contributed by atoms with Gasteiger partial charge in [-0.3, -0.25) is 4.79 Å². The molecule has 0 saturated carbocycles. The number of nitrogens with zero attached hydrogens (tertiary/aromatic N) is 1. The average Bonchev–Trinajstić information content (AvgIpc) is 2.96. The van der Waals surface area contributed by atoms with E-state index >= 15 is 0 Å². The molecule has 0 amide bonds. The Morgan fingerprint density at radius 3 is 1.18 bits per heavy atom. The van der Waals surface area contributed by atoms with Gasteiger partial charge >= 0.3 is 5.97 Å². The van der Waals surface area contributed by atoms with Crippen LogP contribution < -0.4 is 0 Å². The van der Waals surface area contributed by atoms with E-state index < -0.39 is 11.8 Å². The van der Waals surface area contributed by atoms with Crippen molar-refractivity contribution in [2.24, 2.45) is 0 Å². The second-order valence-corrected chi connectivity index (χ2v) is 8.53. The number of ketones is 1. The van der Waals surface area contributed by atoms with Gasteiger partial charge in [0.2, 0.25) is 0 Å². The maximum atomic E-state index is 11.9. The lowest BCUT2D eigenvalue weighted by molar-refractivity contribution is -0.139. The van der Waals surface area contributed by atoms with Gasteiger partial charge in [0.25, 0.3) is 5.78 Å². The van der Waals surface area contributed by atoms with Crippen LogP contribution in [0.25, 0.3) is 0 Å². The fourth-order valence-electron chi connectivity index (χ4n) is 2.85. The first kappa shape index (κ1) is 36.0. The molecule has 0 radical (unpaired) electrons. The normalized spacial score (nSPS) is 11.3. The van der Waals surface area contributed by atoms with Crippen molar-refractivity contribution in [1.82, 2.24) is 4.90 Å². The molecule has 0 bridgehead atoms. The Kier molecular flexibility index (Phi) is 24.5. The zero-order chi connectivity index (χ0) is 28.9. The van der Waals surface area contributed by atoms with Crippen molar-refractivity contribution in [3.05, 3.63) is 35.9 Å². The molecular weight excluding hydrogens is 526 g/mol. The molecule has 12 nitrogen and oxygen atoms in total. The molecule has 12 heteroatoms. The molecule has 0 fully saturated rings. The van der Waals surface area contributed by atoms with Gasteiger partial charge in [0.1, 0.15) is 6.61 Å². The Morgan fingerprint density at radius 1 is 0.500 bits per heavy atom. The van der Waals surface area contributed by atoms with Crippen molar-refractivity contribution in [2.45, 2.75) is 0 Å². The monoisotopic (exact) mass is 573 g/mol. The average molecular weight is 574 g/mol. The highest BCUT2D eigenvalue weighted by atomic mass is 16.6. The van der Waals surface area contributed by atoms with E-state index in [4.69, 9.17) is 42.6 Å². The molecule has 230 valence electrons. The quantitative estimate of drug-likeness (QED) is 0.0591. The van der Waals surface area contributed by atoms with E-state index in [0.717, 1.165) is 6.54 Å². The largest absolute Gasteiger partial charge is 0.457 e. The van der Waals surface area contributed by atoms with Crippen molar-refractivity contribution in [3.8, 4) is 0 Å². The van der Waals surface area contributed by atoms with Crippen molar-refractivity contribution in [2.75, 3.05) is 133 Å². The number of carbonyl (C=O) groups is 2. The number of hydrogen-bond acceptors (Lipinski definition) is 12. The third-order valence-corrected chi connectivity index (χ3v) is 4.97.